The molecule has 0 heterocycles. The molecule has 3 amide bonds. The lowest BCUT2D eigenvalue weighted by Crippen LogP contribution is -2.42. The first kappa shape index (κ1) is 20.1. The number of nitrogens with one attached hydrogen (secondary N) is 3. The molecule has 0 aliphatic carbocycles. The molecule has 27 heavy (non-hydrogen) atoms. The molecule has 2 aromatic rings. The zero-order chi connectivity index (χ0) is 20.0. The molecule has 0 unspecified atom stereocenters. The van der Waals surface area contributed by atoms with E-state index in [0.717, 1.165) is 5.56 Å². The first-order valence-corrected chi connectivity index (χ1v) is 8.47. The summed E-state index contributed by atoms with van der Waals surface area (Å²) in [6.07, 6.45) is -0.412. The Hall–Kier alpha value is -3.22. The summed E-state index contributed by atoms with van der Waals surface area (Å²) in [5.41, 5.74) is 2.67. The summed E-state index contributed by atoms with van der Waals surface area (Å²) in [6, 6.07) is 10.3. The van der Waals surface area contributed by atoms with Crippen LogP contribution in [0.4, 0.5) is 15.8 Å². The van der Waals surface area contributed by atoms with Gasteiger partial charge in [0.1, 0.15) is 18.3 Å². The summed E-state index contributed by atoms with van der Waals surface area (Å²) in [5, 5.41) is 7.63. The molecule has 0 aliphatic heterocycles. The predicted octanol–water partition coefficient (Wildman–Crippen LogP) is 2.91. The molecule has 0 saturated heterocycles. The monoisotopic (exact) mass is 371 g/mol. The van der Waals surface area contributed by atoms with Gasteiger partial charge in [-0.25, -0.2) is 4.39 Å². The van der Waals surface area contributed by atoms with Gasteiger partial charge in [-0.15, -0.1) is 0 Å². The number of hydrogen-bond acceptors (Lipinski definition) is 3. The van der Waals surface area contributed by atoms with E-state index in [-0.39, 0.29) is 0 Å². The lowest BCUT2D eigenvalue weighted by Gasteiger charge is -2.15. The molecule has 0 bridgehead atoms. The molecule has 0 saturated carbocycles. The molecule has 7 heteroatoms. The van der Waals surface area contributed by atoms with Crippen molar-refractivity contribution >= 4 is 29.1 Å². The fourth-order valence-corrected chi connectivity index (χ4v) is 2.32. The molecule has 0 fully saturated rings. The van der Waals surface area contributed by atoms with Gasteiger partial charge in [-0.3, -0.25) is 14.4 Å². The largest absolute Gasteiger partial charge is 0.344 e. The highest BCUT2D eigenvalue weighted by atomic mass is 19.1. The molecule has 142 valence electrons. The van der Waals surface area contributed by atoms with Gasteiger partial charge in [0, 0.05) is 11.4 Å². The van der Waals surface area contributed by atoms with E-state index in [9.17, 15) is 18.8 Å². The lowest BCUT2D eigenvalue weighted by atomic mass is 10.2. The minimum absolute atomic E-state index is 0.332. The van der Waals surface area contributed by atoms with Gasteiger partial charge in [-0.2, -0.15) is 0 Å². The minimum Gasteiger partial charge on any atom is -0.344 e. The number of carbonyl (C=O) groups excluding carboxylic acids is 3. The van der Waals surface area contributed by atoms with E-state index in [0.29, 0.717) is 16.9 Å². The molecular formula is C20H22FN3O3. The van der Waals surface area contributed by atoms with Gasteiger partial charge in [0.2, 0.25) is 17.7 Å². The van der Waals surface area contributed by atoms with E-state index in [1.165, 1.54) is 19.1 Å². The summed E-state index contributed by atoms with van der Waals surface area (Å²) in [4.78, 5) is 36.1. The van der Waals surface area contributed by atoms with Crippen LogP contribution in [-0.4, -0.2) is 23.8 Å². The van der Waals surface area contributed by atoms with E-state index >= 15 is 0 Å². The molecule has 0 spiro atoms. The summed E-state index contributed by atoms with van der Waals surface area (Å²) in [5.74, 6) is -2.04. The van der Waals surface area contributed by atoms with Crippen molar-refractivity contribution in [3.8, 4) is 0 Å². The fraction of sp³-hybridized carbons (Fsp3) is 0.250. The fourth-order valence-electron chi connectivity index (χ4n) is 2.32. The summed E-state index contributed by atoms with van der Waals surface area (Å²) >= 11 is 0. The van der Waals surface area contributed by atoms with Crippen LogP contribution in [0.5, 0.6) is 0 Å². The SMILES string of the molecule is Cc1ccc(NC(=O)CC(=O)N[C@H](C)C(=O)Nc2cc(F)ccc2C)cc1. The second-order valence-corrected chi connectivity index (χ2v) is 6.33. The van der Waals surface area contributed by atoms with E-state index in [4.69, 9.17) is 0 Å². The smallest absolute Gasteiger partial charge is 0.246 e. The summed E-state index contributed by atoms with van der Waals surface area (Å²) in [6.45, 7) is 5.14. The predicted molar refractivity (Wildman–Crippen MR) is 102 cm³/mol. The number of carbonyl (C=O) groups is 3. The molecule has 0 radical (unpaired) electrons. The maximum Gasteiger partial charge on any atom is 0.246 e. The van der Waals surface area contributed by atoms with Crippen LogP contribution in [0.15, 0.2) is 42.5 Å². The van der Waals surface area contributed by atoms with Gasteiger partial charge in [-0.05, 0) is 50.6 Å². The number of anilines is 2. The van der Waals surface area contributed by atoms with Gasteiger partial charge in [0.25, 0.3) is 0 Å². The van der Waals surface area contributed by atoms with E-state index in [1.807, 2.05) is 19.1 Å². The van der Waals surface area contributed by atoms with Crippen LogP contribution in [0.2, 0.25) is 0 Å². The number of aryl methyl sites for hydroxylation is 2. The average molecular weight is 371 g/mol. The minimum atomic E-state index is -0.882. The average Bonchev–Trinajstić information content (AvgIpc) is 2.59. The van der Waals surface area contributed by atoms with E-state index in [2.05, 4.69) is 16.0 Å². The first-order chi connectivity index (χ1) is 12.7. The molecule has 2 aromatic carbocycles. The Kier molecular flexibility index (Phi) is 6.65. The third-order valence-electron chi connectivity index (χ3n) is 3.88. The van der Waals surface area contributed by atoms with Crippen LogP contribution in [0.1, 0.15) is 24.5 Å². The molecule has 2 rings (SSSR count). The molecular weight excluding hydrogens is 349 g/mol. The molecule has 1 atom stereocenters. The Bertz CT molecular complexity index is 850. The third-order valence-corrected chi connectivity index (χ3v) is 3.88. The Morgan fingerprint density at radius 1 is 0.963 bits per heavy atom. The van der Waals surface area contributed by atoms with Crippen LogP contribution in [0.25, 0.3) is 0 Å². The van der Waals surface area contributed by atoms with Crippen LogP contribution >= 0.6 is 0 Å². The van der Waals surface area contributed by atoms with Crippen LogP contribution < -0.4 is 16.0 Å². The molecule has 6 nitrogen and oxygen atoms in total. The summed E-state index contributed by atoms with van der Waals surface area (Å²) in [7, 11) is 0. The van der Waals surface area contributed by atoms with Crippen molar-refractivity contribution in [3.05, 3.63) is 59.4 Å². The standard InChI is InChI=1S/C20H22FN3O3/c1-12-4-8-16(9-5-12)23-19(26)11-18(25)22-14(3)20(27)24-17-10-15(21)7-6-13(17)2/h4-10,14H,11H2,1-3H3,(H,22,25)(H,23,26)(H,24,27)/t14-/m1/s1. The van der Waals surface area contributed by atoms with Crippen molar-refractivity contribution in [2.24, 2.45) is 0 Å². The summed E-state index contributed by atoms with van der Waals surface area (Å²) < 4.78 is 13.3. The highest BCUT2D eigenvalue weighted by Gasteiger charge is 2.18. The number of halogens is 1. The maximum absolute atomic E-state index is 13.3. The van der Waals surface area contributed by atoms with Crippen molar-refractivity contribution in [1.29, 1.82) is 0 Å². The topological polar surface area (TPSA) is 87.3 Å². The molecule has 0 aromatic heterocycles. The van der Waals surface area contributed by atoms with Crippen molar-refractivity contribution < 1.29 is 18.8 Å². The Labute approximate surface area is 157 Å². The highest BCUT2D eigenvalue weighted by molar-refractivity contribution is 6.05. The lowest BCUT2D eigenvalue weighted by molar-refractivity contribution is -0.129. The van der Waals surface area contributed by atoms with Gasteiger partial charge >= 0.3 is 0 Å². The zero-order valence-electron chi connectivity index (χ0n) is 15.4. The van der Waals surface area contributed by atoms with E-state index < -0.39 is 36.0 Å². The van der Waals surface area contributed by atoms with Crippen LogP contribution in [0, 0.1) is 19.7 Å². The van der Waals surface area contributed by atoms with E-state index in [1.54, 1.807) is 25.1 Å². The normalized spacial score (nSPS) is 11.4. The Morgan fingerprint density at radius 3 is 2.30 bits per heavy atom. The van der Waals surface area contributed by atoms with Crippen molar-refractivity contribution in [2.75, 3.05) is 10.6 Å². The number of rotatable bonds is 6. The quantitative estimate of drug-likeness (QED) is 0.683. The number of hydrogen-bond donors (Lipinski definition) is 3. The van der Waals surface area contributed by atoms with Crippen LogP contribution in [-0.2, 0) is 14.4 Å². The van der Waals surface area contributed by atoms with Gasteiger partial charge in [-0.1, -0.05) is 23.8 Å². The van der Waals surface area contributed by atoms with Crippen molar-refractivity contribution in [2.45, 2.75) is 33.2 Å². The number of amides is 3. The highest BCUT2D eigenvalue weighted by Crippen LogP contribution is 2.16. The first-order valence-electron chi connectivity index (χ1n) is 8.47. The molecule has 0 aliphatic rings. The Balaban J connectivity index is 1.85. The van der Waals surface area contributed by atoms with Crippen molar-refractivity contribution in [3.63, 3.8) is 0 Å². The van der Waals surface area contributed by atoms with Gasteiger partial charge < -0.3 is 16.0 Å². The second-order valence-electron chi connectivity index (χ2n) is 6.33. The molecule has 3 N–H and O–H groups in total. The van der Waals surface area contributed by atoms with Gasteiger partial charge in [0.05, 0.1) is 0 Å². The second kappa shape index (κ2) is 8.93. The third kappa shape index (κ3) is 6.22. The van der Waals surface area contributed by atoms with Crippen molar-refractivity contribution in [1.82, 2.24) is 5.32 Å². The van der Waals surface area contributed by atoms with Crippen LogP contribution in [0.3, 0.4) is 0 Å². The maximum atomic E-state index is 13.3. The van der Waals surface area contributed by atoms with Gasteiger partial charge in [0.15, 0.2) is 0 Å². The zero-order valence-corrected chi connectivity index (χ0v) is 15.4. The Morgan fingerprint density at radius 2 is 1.63 bits per heavy atom. The number of benzene rings is 2.